The quantitative estimate of drug-likeness (QED) is 0.696. The number of fused-ring (bicyclic) bond motifs is 1. The molecule has 1 aromatic heterocycles. The summed E-state index contributed by atoms with van der Waals surface area (Å²) in [4.78, 5) is 29.2. The summed E-state index contributed by atoms with van der Waals surface area (Å²) < 4.78 is 1.35. The zero-order chi connectivity index (χ0) is 15.7. The smallest absolute Gasteiger partial charge is 0.261 e. The van der Waals surface area contributed by atoms with E-state index in [4.69, 9.17) is 11.6 Å². The van der Waals surface area contributed by atoms with Gasteiger partial charge in [-0.1, -0.05) is 41.9 Å². The molecule has 3 aromatic rings. The molecule has 0 aliphatic carbocycles. The van der Waals surface area contributed by atoms with E-state index >= 15 is 0 Å². The molecule has 0 unspecified atom stereocenters. The number of hydrogen-bond donors (Lipinski definition) is 0. The van der Waals surface area contributed by atoms with Gasteiger partial charge in [-0.25, -0.2) is 4.98 Å². The normalized spacial score (nSPS) is 12.3. The molecule has 1 atom stereocenters. The average molecular weight is 313 g/mol. The Bertz CT molecular complexity index is 903. The van der Waals surface area contributed by atoms with Crippen molar-refractivity contribution in [1.29, 1.82) is 0 Å². The minimum absolute atomic E-state index is 0.127. The van der Waals surface area contributed by atoms with E-state index in [1.807, 2.05) is 6.07 Å². The Kier molecular flexibility index (Phi) is 3.77. The van der Waals surface area contributed by atoms with Gasteiger partial charge in [0.25, 0.3) is 5.56 Å². The highest BCUT2D eigenvalue weighted by Crippen LogP contribution is 2.17. The van der Waals surface area contributed by atoms with Crippen LogP contribution in [0.5, 0.6) is 0 Å². The van der Waals surface area contributed by atoms with E-state index < -0.39 is 6.04 Å². The fourth-order valence-corrected chi connectivity index (χ4v) is 2.52. The van der Waals surface area contributed by atoms with Gasteiger partial charge in [-0.15, -0.1) is 0 Å². The summed E-state index contributed by atoms with van der Waals surface area (Å²) in [5.74, 6) is -0.127. The lowest BCUT2D eigenvalue weighted by Gasteiger charge is -2.14. The number of benzene rings is 2. The molecule has 0 N–H and O–H groups in total. The lowest BCUT2D eigenvalue weighted by molar-refractivity contribution is 0.0932. The standard InChI is InChI=1S/C17H13ClN2O2/c1-11(16(21)12-5-3-2-4-6-12)20-10-19-15-9-13(18)7-8-14(15)17(20)22/h2-11H,1H3/t11-/m1/s1. The number of ketones is 1. The molecular weight excluding hydrogens is 300 g/mol. The maximum Gasteiger partial charge on any atom is 0.261 e. The van der Waals surface area contributed by atoms with Crippen LogP contribution in [0.15, 0.2) is 59.7 Å². The highest BCUT2D eigenvalue weighted by molar-refractivity contribution is 6.31. The third-order valence-electron chi connectivity index (χ3n) is 3.60. The zero-order valence-electron chi connectivity index (χ0n) is 11.9. The topological polar surface area (TPSA) is 52.0 Å². The van der Waals surface area contributed by atoms with Crippen LogP contribution >= 0.6 is 11.6 Å². The summed E-state index contributed by atoms with van der Waals surface area (Å²) in [6.07, 6.45) is 1.40. The van der Waals surface area contributed by atoms with Crippen LogP contribution in [0.4, 0.5) is 0 Å². The van der Waals surface area contributed by atoms with Crippen LogP contribution in [0.1, 0.15) is 23.3 Å². The molecule has 0 radical (unpaired) electrons. The Morgan fingerprint density at radius 1 is 1.18 bits per heavy atom. The van der Waals surface area contributed by atoms with E-state index in [1.54, 1.807) is 49.4 Å². The molecule has 0 spiro atoms. The molecule has 3 rings (SSSR count). The molecule has 0 fully saturated rings. The van der Waals surface area contributed by atoms with E-state index in [0.29, 0.717) is 21.5 Å². The Labute approximate surface area is 132 Å². The minimum atomic E-state index is -0.623. The van der Waals surface area contributed by atoms with Crippen LogP contribution in [0.25, 0.3) is 10.9 Å². The van der Waals surface area contributed by atoms with Crippen molar-refractivity contribution in [3.63, 3.8) is 0 Å². The van der Waals surface area contributed by atoms with Gasteiger partial charge in [-0.3, -0.25) is 14.2 Å². The van der Waals surface area contributed by atoms with Gasteiger partial charge in [-0.05, 0) is 25.1 Å². The van der Waals surface area contributed by atoms with Crippen molar-refractivity contribution in [3.05, 3.63) is 75.8 Å². The van der Waals surface area contributed by atoms with Gasteiger partial charge in [0.1, 0.15) is 0 Å². The van der Waals surface area contributed by atoms with Crippen LogP contribution in [-0.4, -0.2) is 15.3 Å². The second-order valence-corrected chi connectivity index (χ2v) is 5.46. The molecule has 0 amide bonds. The first-order chi connectivity index (χ1) is 10.6. The van der Waals surface area contributed by atoms with Crippen molar-refractivity contribution in [2.45, 2.75) is 13.0 Å². The Balaban J connectivity index is 2.07. The summed E-state index contributed by atoms with van der Waals surface area (Å²) in [6, 6.07) is 13.2. The second-order valence-electron chi connectivity index (χ2n) is 5.02. The minimum Gasteiger partial charge on any atom is -0.292 e. The molecule has 5 heteroatoms. The van der Waals surface area contributed by atoms with E-state index in [0.717, 1.165) is 0 Å². The number of carbonyl (C=O) groups excluding carboxylic acids is 1. The molecule has 0 bridgehead atoms. The van der Waals surface area contributed by atoms with Gasteiger partial charge in [0.2, 0.25) is 0 Å². The summed E-state index contributed by atoms with van der Waals surface area (Å²) in [5, 5.41) is 0.963. The monoisotopic (exact) mass is 312 g/mol. The number of nitrogens with zero attached hydrogens (tertiary/aromatic N) is 2. The Hall–Kier alpha value is -2.46. The summed E-state index contributed by atoms with van der Waals surface area (Å²) in [6.45, 7) is 1.69. The number of halogens is 1. The first-order valence-electron chi connectivity index (χ1n) is 6.83. The maximum absolute atomic E-state index is 12.5. The van der Waals surface area contributed by atoms with Crippen molar-refractivity contribution >= 4 is 28.3 Å². The van der Waals surface area contributed by atoms with Gasteiger partial charge in [0, 0.05) is 10.6 Å². The third kappa shape index (κ3) is 2.53. The highest BCUT2D eigenvalue weighted by Gasteiger charge is 2.19. The molecule has 22 heavy (non-hydrogen) atoms. The molecule has 0 aliphatic rings. The number of Topliss-reactive ketones (excluding diaryl/α,β-unsaturated/α-hetero) is 1. The lowest BCUT2D eigenvalue weighted by atomic mass is 10.1. The van der Waals surface area contributed by atoms with E-state index in [2.05, 4.69) is 4.98 Å². The molecule has 0 aliphatic heterocycles. The summed E-state index contributed by atoms with van der Waals surface area (Å²) in [7, 11) is 0. The molecule has 0 saturated heterocycles. The first kappa shape index (κ1) is 14.5. The first-order valence-corrected chi connectivity index (χ1v) is 7.21. The lowest BCUT2D eigenvalue weighted by Crippen LogP contribution is -2.28. The number of carbonyl (C=O) groups is 1. The van der Waals surface area contributed by atoms with Crippen molar-refractivity contribution in [2.24, 2.45) is 0 Å². The second kappa shape index (κ2) is 5.73. The van der Waals surface area contributed by atoms with Crippen LogP contribution in [-0.2, 0) is 0 Å². The van der Waals surface area contributed by atoms with Gasteiger partial charge >= 0.3 is 0 Å². The van der Waals surface area contributed by atoms with Crippen LogP contribution in [0.2, 0.25) is 5.02 Å². The molecule has 1 heterocycles. The summed E-state index contributed by atoms with van der Waals surface area (Å²) in [5.41, 5.74) is 0.838. The SMILES string of the molecule is C[C@H](C(=O)c1ccccc1)n1cnc2cc(Cl)ccc2c1=O. The summed E-state index contributed by atoms with van der Waals surface area (Å²) >= 11 is 5.90. The van der Waals surface area contributed by atoms with Gasteiger partial charge < -0.3 is 0 Å². The van der Waals surface area contributed by atoms with E-state index in [-0.39, 0.29) is 11.3 Å². The maximum atomic E-state index is 12.5. The molecular formula is C17H13ClN2O2. The van der Waals surface area contributed by atoms with Gasteiger partial charge in [-0.2, -0.15) is 0 Å². The van der Waals surface area contributed by atoms with Gasteiger partial charge in [0.05, 0.1) is 23.3 Å². The number of hydrogen-bond acceptors (Lipinski definition) is 3. The van der Waals surface area contributed by atoms with Crippen molar-refractivity contribution in [2.75, 3.05) is 0 Å². The predicted molar refractivity (Wildman–Crippen MR) is 86.5 cm³/mol. The van der Waals surface area contributed by atoms with Crippen molar-refractivity contribution < 1.29 is 4.79 Å². The molecule has 0 saturated carbocycles. The van der Waals surface area contributed by atoms with E-state index in [1.165, 1.54) is 10.9 Å². The largest absolute Gasteiger partial charge is 0.292 e. The van der Waals surface area contributed by atoms with Crippen LogP contribution in [0.3, 0.4) is 0 Å². The Morgan fingerprint density at radius 2 is 1.91 bits per heavy atom. The predicted octanol–water partition coefficient (Wildman–Crippen LogP) is 3.49. The highest BCUT2D eigenvalue weighted by atomic mass is 35.5. The average Bonchev–Trinajstić information content (AvgIpc) is 2.54. The zero-order valence-corrected chi connectivity index (χ0v) is 12.6. The van der Waals surface area contributed by atoms with Crippen LogP contribution < -0.4 is 5.56 Å². The van der Waals surface area contributed by atoms with Gasteiger partial charge in [0.15, 0.2) is 5.78 Å². The third-order valence-corrected chi connectivity index (χ3v) is 3.84. The van der Waals surface area contributed by atoms with Crippen molar-refractivity contribution in [3.8, 4) is 0 Å². The Morgan fingerprint density at radius 3 is 2.64 bits per heavy atom. The van der Waals surface area contributed by atoms with Crippen LogP contribution in [0, 0.1) is 0 Å². The molecule has 2 aromatic carbocycles. The van der Waals surface area contributed by atoms with Crippen molar-refractivity contribution in [1.82, 2.24) is 9.55 Å². The van der Waals surface area contributed by atoms with E-state index in [9.17, 15) is 9.59 Å². The molecule has 4 nitrogen and oxygen atoms in total. The number of rotatable bonds is 3. The fourth-order valence-electron chi connectivity index (χ4n) is 2.35. The fraction of sp³-hybridized carbons (Fsp3) is 0.118. The number of aromatic nitrogens is 2. The molecule has 110 valence electrons.